The maximum absolute atomic E-state index is 6.20. The van der Waals surface area contributed by atoms with Crippen molar-refractivity contribution in [2.75, 3.05) is 11.5 Å². The van der Waals surface area contributed by atoms with E-state index in [4.69, 9.17) is 23.2 Å². The number of rotatable bonds is 7. The molecule has 0 saturated carbocycles. The van der Waals surface area contributed by atoms with Gasteiger partial charge in [0, 0.05) is 22.1 Å². The third-order valence-corrected chi connectivity index (χ3v) is 4.37. The lowest BCUT2D eigenvalue weighted by molar-refractivity contribution is 0.472. The van der Waals surface area contributed by atoms with Crippen molar-refractivity contribution in [3.8, 4) is 0 Å². The Morgan fingerprint density at radius 2 is 2.00 bits per heavy atom. The lowest BCUT2D eigenvalue weighted by Gasteiger charge is -2.21. The summed E-state index contributed by atoms with van der Waals surface area (Å²) in [5, 5.41) is 5.07. The number of nitrogens with one attached hydrogen (secondary N) is 1. The van der Waals surface area contributed by atoms with Gasteiger partial charge >= 0.3 is 0 Å². The molecule has 0 aliphatic rings. The third kappa shape index (κ3) is 5.40. The minimum absolute atomic E-state index is 0.220. The summed E-state index contributed by atoms with van der Waals surface area (Å²) in [6, 6.07) is 6.32. The van der Waals surface area contributed by atoms with Gasteiger partial charge in [-0.3, -0.25) is 0 Å². The summed E-state index contributed by atoms with van der Waals surface area (Å²) in [6.07, 6.45) is 1.17. The van der Waals surface area contributed by atoms with Gasteiger partial charge in [-0.05, 0) is 55.5 Å². The average Bonchev–Trinajstić information content (AvgIpc) is 2.32. The molecule has 2 atom stereocenters. The molecule has 0 amide bonds. The largest absolute Gasteiger partial charge is 0.308 e. The predicted molar refractivity (Wildman–Crippen MR) is 85.1 cm³/mol. The van der Waals surface area contributed by atoms with E-state index in [1.807, 2.05) is 30.0 Å². The molecule has 0 saturated heterocycles. The van der Waals surface area contributed by atoms with E-state index in [1.54, 1.807) is 0 Å². The summed E-state index contributed by atoms with van der Waals surface area (Å²) >= 11 is 14.2. The fourth-order valence-electron chi connectivity index (χ4n) is 1.85. The molecule has 0 aromatic heterocycles. The maximum atomic E-state index is 6.20. The summed E-state index contributed by atoms with van der Waals surface area (Å²) in [5.41, 5.74) is 1.07. The van der Waals surface area contributed by atoms with Crippen LogP contribution in [0.5, 0.6) is 0 Å². The maximum Gasteiger partial charge on any atom is 0.0454 e. The van der Waals surface area contributed by atoms with Gasteiger partial charge < -0.3 is 5.32 Å². The van der Waals surface area contributed by atoms with Gasteiger partial charge in [0.05, 0.1) is 0 Å². The Hall–Kier alpha value is 0.110. The molecule has 0 heterocycles. The van der Waals surface area contributed by atoms with Crippen molar-refractivity contribution in [2.24, 2.45) is 0 Å². The molecule has 0 fully saturated rings. The quantitative estimate of drug-likeness (QED) is 0.697. The molecule has 1 nitrogen and oxygen atoms in total. The van der Waals surface area contributed by atoms with Crippen LogP contribution in [0, 0.1) is 0 Å². The van der Waals surface area contributed by atoms with Gasteiger partial charge in [0.25, 0.3) is 0 Å². The first-order valence-corrected chi connectivity index (χ1v) is 8.24. The van der Waals surface area contributed by atoms with Crippen LogP contribution in [-0.2, 0) is 0 Å². The molecule has 1 aromatic rings. The first kappa shape index (κ1) is 16.2. The lowest BCUT2D eigenvalue weighted by Crippen LogP contribution is -2.29. The summed E-state index contributed by atoms with van der Waals surface area (Å²) in [5.74, 6) is 2.38. The molecule has 18 heavy (non-hydrogen) atoms. The Morgan fingerprint density at radius 3 is 2.67 bits per heavy atom. The number of benzene rings is 1. The second-order valence-corrected chi connectivity index (χ2v) is 6.68. The molecule has 0 radical (unpaired) electrons. The fraction of sp³-hybridized carbons (Fsp3) is 0.571. The van der Waals surface area contributed by atoms with Crippen LogP contribution < -0.4 is 5.32 Å². The van der Waals surface area contributed by atoms with Crippen LogP contribution in [0.3, 0.4) is 0 Å². The van der Waals surface area contributed by atoms with Crippen molar-refractivity contribution < 1.29 is 0 Å². The van der Waals surface area contributed by atoms with Gasteiger partial charge in [0.2, 0.25) is 0 Å². The summed E-state index contributed by atoms with van der Waals surface area (Å²) < 4.78 is 0. The normalized spacial score (nSPS) is 14.5. The monoisotopic (exact) mass is 305 g/mol. The highest BCUT2D eigenvalue weighted by atomic mass is 35.5. The molecule has 1 N–H and O–H groups in total. The molecule has 0 aliphatic heterocycles. The molecule has 2 unspecified atom stereocenters. The summed E-state index contributed by atoms with van der Waals surface area (Å²) in [4.78, 5) is 0. The minimum Gasteiger partial charge on any atom is -0.308 e. The Labute approximate surface area is 125 Å². The van der Waals surface area contributed by atoms with Crippen molar-refractivity contribution in [1.29, 1.82) is 0 Å². The van der Waals surface area contributed by atoms with Crippen molar-refractivity contribution in [3.63, 3.8) is 0 Å². The predicted octanol–water partition coefficient (Wildman–Crippen LogP) is 5.18. The van der Waals surface area contributed by atoms with E-state index in [1.165, 1.54) is 17.9 Å². The van der Waals surface area contributed by atoms with Crippen LogP contribution in [0.2, 0.25) is 10.0 Å². The fourth-order valence-corrected chi connectivity index (χ4v) is 3.12. The van der Waals surface area contributed by atoms with Crippen LogP contribution >= 0.6 is 35.0 Å². The van der Waals surface area contributed by atoms with E-state index in [-0.39, 0.29) is 6.04 Å². The Morgan fingerprint density at radius 1 is 1.28 bits per heavy atom. The minimum atomic E-state index is 0.220. The molecule has 0 bridgehead atoms. The second-order valence-electron chi connectivity index (χ2n) is 4.44. The zero-order valence-electron chi connectivity index (χ0n) is 11.2. The molecule has 102 valence electrons. The third-order valence-electron chi connectivity index (χ3n) is 2.86. The van der Waals surface area contributed by atoms with Crippen LogP contribution in [0.15, 0.2) is 18.2 Å². The summed E-state index contributed by atoms with van der Waals surface area (Å²) in [6.45, 7) is 6.53. The van der Waals surface area contributed by atoms with Gasteiger partial charge in [-0.2, -0.15) is 11.8 Å². The molecule has 4 heteroatoms. The van der Waals surface area contributed by atoms with Crippen molar-refractivity contribution >= 4 is 35.0 Å². The number of hydrogen-bond acceptors (Lipinski definition) is 2. The summed E-state index contributed by atoms with van der Waals surface area (Å²) in [7, 11) is 0. The number of hydrogen-bond donors (Lipinski definition) is 1. The highest BCUT2D eigenvalue weighted by molar-refractivity contribution is 7.99. The first-order chi connectivity index (χ1) is 8.54. The Kier molecular flexibility index (Phi) is 7.47. The van der Waals surface area contributed by atoms with Crippen LogP contribution in [0.4, 0.5) is 0 Å². The number of thioether (sulfide) groups is 1. The molecule has 1 rings (SSSR count). The zero-order chi connectivity index (χ0) is 13.5. The van der Waals surface area contributed by atoms with Crippen LogP contribution in [0.25, 0.3) is 0 Å². The van der Waals surface area contributed by atoms with E-state index in [9.17, 15) is 0 Å². The van der Waals surface area contributed by atoms with Gasteiger partial charge in [-0.25, -0.2) is 0 Å². The molecule has 0 spiro atoms. The average molecular weight is 306 g/mol. The smallest absolute Gasteiger partial charge is 0.0454 e. The van der Waals surface area contributed by atoms with Gasteiger partial charge in [0.1, 0.15) is 0 Å². The molecule has 0 aliphatic carbocycles. The van der Waals surface area contributed by atoms with Crippen molar-refractivity contribution in [3.05, 3.63) is 33.8 Å². The first-order valence-electron chi connectivity index (χ1n) is 6.33. The van der Waals surface area contributed by atoms with E-state index in [0.29, 0.717) is 6.04 Å². The molecular weight excluding hydrogens is 285 g/mol. The zero-order valence-corrected chi connectivity index (χ0v) is 13.5. The topological polar surface area (TPSA) is 12.0 Å². The van der Waals surface area contributed by atoms with Crippen LogP contribution in [0.1, 0.15) is 38.8 Å². The Bertz CT molecular complexity index is 371. The lowest BCUT2D eigenvalue weighted by atomic mass is 10.1. The van der Waals surface area contributed by atoms with E-state index in [0.717, 1.165) is 15.6 Å². The van der Waals surface area contributed by atoms with Gasteiger partial charge in [-0.1, -0.05) is 30.1 Å². The van der Waals surface area contributed by atoms with Gasteiger partial charge in [-0.15, -0.1) is 0 Å². The molecule has 1 aromatic carbocycles. The SMILES string of the molecule is CCSCCC(C)NC(C)c1cc(Cl)ccc1Cl. The van der Waals surface area contributed by atoms with Gasteiger partial charge in [0.15, 0.2) is 0 Å². The second kappa shape index (κ2) is 8.31. The highest BCUT2D eigenvalue weighted by Crippen LogP contribution is 2.26. The van der Waals surface area contributed by atoms with Crippen molar-refractivity contribution in [2.45, 2.75) is 39.3 Å². The van der Waals surface area contributed by atoms with E-state index < -0.39 is 0 Å². The Balaban J connectivity index is 2.53. The van der Waals surface area contributed by atoms with E-state index in [2.05, 4.69) is 26.1 Å². The standard InChI is InChI=1S/C14H21Cl2NS/c1-4-18-8-7-10(2)17-11(3)13-9-12(15)5-6-14(13)16/h5-6,9-11,17H,4,7-8H2,1-3H3. The van der Waals surface area contributed by atoms with E-state index >= 15 is 0 Å². The number of halogens is 2. The molecular formula is C14H21Cl2NS. The highest BCUT2D eigenvalue weighted by Gasteiger charge is 2.12. The van der Waals surface area contributed by atoms with Crippen LogP contribution in [-0.4, -0.2) is 17.5 Å². The van der Waals surface area contributed by atoms with Crippen molar-refractivity contribution in [1.82, 2.24) is 5.32 Å².